The lowest BCUT2D eigenvalue weighted by molar-refractivity contribution is -0.136. The average molecular weight is 423 g/mol. The van der Waals surface area contributed by atoms with Gasteiger partial charge in [-0.15, -0.1) is 0 Å². The lowest BCUT2D eigenvalue weighted by Gasteiger charge is -2.22. The Hall–Kier alpha value is -2.57. The van der Waals surface area contributed by atoms with E-state index >= 15 is 0 Å². The molecule has 28 heavy (non-hydrogen) atoms. The predicted molar refractivity (Wildman–Crippen MR) is 109 cm³/mol. The summed E-state index contributed by atoms with van der Waals surface area (Å²) in [5, 5.41) is 3.43. The molecule has 148 valence electrons. The van der Waals surface area contributed by atoms with E-state index in [1.165, 1.54) is 11.0 Å². The first-order chi connectivity index (χ1) is 13.4. The molecule has 0 aliphatic rings. The molecule has 2 aromatic carbocycles. The number of carbonyl (C=O) groups is 3. The minimum atomic E-state index is -0.403. The second kappa shape index (κ2) is 10.7. The maximum atomic E-state index is 12.5. The van der Waals surface area contributed by atoms with Gasteiger partial charge < -0.3 is 15.0 Å². The molecule has 0 heterocycles. The van der Waals surface area contributed by atoms with Crippen molar-refractivity contribution in [3.8, 4) is 5.75 Å². The molecule has 0 aromatic heterocycles. The van der Waals surface area contributed by atoms with E-state index in [1.54, 1.807) is 36.4 Å². The number of hydrogen-bond acceptors (Lipinski definition) is 4. The Kier molecular flexibility index (Phi) is 8.29. The lowest BCUT2D eigenvalue weighted by atomic mass is 10.2. The SMILES string of the molecule is CCCN(CC(=O)Nc1cc(Cl)ccc1Cl)C(=O)COc1ccccc1C=O. The van der Waals surface area contributed by atoms with E-state index in [0.29, 0.717) is 46.3 Å². The summed E-state index contributed by atoms with van der Waals surface area (Å²) in [4.78, 5) is 37.3. The van der Waals surface area contributed by atoms with Gasteiger partial charge in [-0.25, -0.2) is 0 Å². The quantitative estimate of drug-likeness (QED) is 0.618. The van der Waals surface area contributed by atoms with Gasteiger partial charge in [0.1, 0.15) is 5.75 Å². The summed E-state index contributed by atoms with van der Waals surface area (Å²) >= 11 is 12.0. The number of amides is 2. The summed E-state index contributed by atoms with van der Waals surface area (Å²) < 4.78 is 5.46. The normalized spacial score (nSPS) is 10.2. The van der Waals surface area contributed by atoms with Crippen LogP contribution in [0.5, 0.6) is 5.75 Å². The summed E-state index contributed by atoms with van der Waals surface area (Å²) in [6.45, 7) is 1.84. The molecule has 8 heteroatoms. The zero-order valence-electron chi connectivity index (χ0n) is 15.3. The minimum Gasteiger partial charge on any atom is -0.483 e. The average Bonchev–Trinajstić information content (AvgIpc) is 2.68. The van der Waals surface area contributed by atoms with Gasteiger partial charge in [0.15, 0.2) is 12.9 Å². The number of halogens is 2. The van der Waals surface area contributed by atoms with Crippen LogP contribution < -0.4 is 10.1 Å². The predicted octanol–water partition coefficient (Wildman–Crippen LogP) is 4.06. The third-order valence-electron chi connectivity index (χ3n) is 3.78. The van der Waals surface area contributed by atoms with Crippen molar-refractivity contribution < 1.29 is 19.1 Å². The molecule has 2 amide bonds. The van der Waals surface area contributed by atoms with Crippen LogP contribution in [0, 0.1) is 0 Å². The zero-order chi connectivity index (χ0) is 20.5. The Bertz CT molecular complexity index is 858. The van der Waals surface area contributed by atoms with Crippen molar-refractivity contribution in [3.05, 3.63) is 58.1 Å². The van der Waals surface area contributed by atoms with Gasteiger partial charge in [0.2, 0.25) is 5.91 Å². The summed E-state index contributed by atoms with van der Waals surface area (Å²) in [6.07, 6.45) is 1.33. The van der Waals surface area contributed by atoms with Crippen LogP contribution in [0.15, 0.2) is 42.5 Å². The highest BCUT2D eigenvalue weighted by atomic mass is 35.5. The molecule has 0 atom stereocenters. The standard InChI is InChI=1S/C20H20Cl2N2O4/c1-2-9-24(11-19(26)23-17-10-15(21)7-8-16(17)22)20(27)13-28-18-6-4-3-5-14(18)12-25/h3-8,10,12H,2,9,11,13H2,1H3,(H,23,26). The third kappa shape index (κ3) is 6.25. The Morgan fingerprint density at radius 2 is 1.93 bits per heavy atom. The molecule has 2 rings (SSSR count). The fourth-order valence-electron chi connectivity index (χ4n) is 2.46. The Labute approximate surface area is 173 Å². The van der Waals surface area contributed by atoms with Crippen LogP contribution in [-0.4, -0.2) is 42.7 Å². The van der Waals surface area contributed by atoms with E-state index in [1.807, 2.05) is 6.92 Å². The van der Waals surface area contributed by atoms with E-state index in [0.717, 1.165) is 0 Å². The lowest BCUT2D eigenvalue weighted by Crippen LogP contribution is -2.41. The highest BCUT2D eigenvalue weighted by Crippen LogP contribution is 2.25. The zero-order valence-corrected chi connectivity index (χ0v) is 16.8. The molecule has 1 N–H and O–H groups in total. The first-order valence-corrected chi connectivity index (χ1v) is 9.39. The van der Waals surface area contributed by atoms with Crippen molar-refractivity contribution in [1.82, 2.24) is 4.90 Å². The van der Waals surface area contributed by atoms with Crippen molar-refractivity contribution in [2.24, 2.45) is 0 Å². The van der Waals surface area contributed by atoms with Gasteiger partial charge in [-0.1, -0.05) is 42.3 Å². The van der Waals surface area contributed by atoms with Crippen LogP contribution in [-0.2, 0) is 9.59 Å². The number of carbonyl (C=O) groups excluding carboxylic acids is 3. The van der Waals surface area contributed by atoms with Crippen molar-refractivity contribution >= 4 is 47.0 Å². The maximum Gasteiger partial charge on any atom is 0.260 e. The number of ether oxygens (including phenoxy) is 1. The van der Waals surface area contributed by atoms with Gasteiger partial charge >= 0.3 is 0 Å². The number of hydrogen-bond donors (Lipinski definition) is 1. The topological polar surface area (TPSA) is 75.7 Å². The molecule has 0 fully saturated rings. The van der Waals surface area contributed by atoms with Crippen molar-refractivity contribution in [2.75, 3.05) is 25.0 Å². The molecule has 0 radical (unpaired) electrons. The van der Waals surface area contributed by atoms with Gasteiger partial charge in [-0.2, -0.15) is 0 Å². The van der Waals surface area contributed by atoms with Gasteiger partial charge in [-0.05, 0) is 36.8 Å². The van der Waals surface area contributed by atoms with Gasteiger partial charge in [0, 0.05) is 11.6 Å². The van der Waals surface area contributed by atoms with E-state index in [9.17, 15) is 14.4 Å². The monoisotopic (exact) mass is 422 g/mol. The maximum absolute atomic E-state index is 12.5. The highest BCUT2D eigenvalue weighted by molar-refractivity contribution is 6.35. The number of anilines is 1. The molecule has 0 bridgehead atoms. The Morgan fingerprint density at radius 3 is 2.64 bits per heavy atom. The van der Waals surface area contributed by atoms with E-state index in [2.05, 4.69) is 5.32 Å². The summed E-state index contributed by atoms with van der Waals surface area (Å²) in [6, 6.07) is 11.3. The largest absolute Gasteiger partial charge is 0.483 e. The second-order valence-corrected chi connectivity index (χ2v) is 6.78. The van der Waals surface area contributed by atoms with Crippen LogP contribution in [0.3, 0.4) is 0 Å². The van der Waals surface area contributed by atoms with Crippen LogP contribution in [0.2, 0.25) is 10.0 Å². The number of para-hydroxylation sites is 1. The Morgan fingerprint density at radius 1 is 1.18 bits per heavy atom. The van der Waals surface area contributed by atoms with Crippen LogP contribution in [0.4, 0.5) is 5.69 Å². The molecule has 0 spiro atoms. The van der Waals surface area contributed by atoms with E-state index in [4.69, 9.17) is 27.9 Å². The fourth-order valence-corrected chi connectivity index (χ4v) is 2.80. The number of rotatable bonds is 9. The first kappa shape index (κ1) is 21.7. The number of aldehydes is 1. The third-order valence-corrected chi connectivity index (χ3v) is 4.35. The molecular weight excluding hydrogens is 403 g/mol. The fraction of sp³-hybridized carbons (Fsp3) is 0.250. The minimum absolute atomic E-state index is 0.159. The van der Waals surface area contributed by atoms with Crippen LogP contribution >= 0.6 is 23.2 Å². The van der Waals surface area contributed by atoms with Gasteiger partial charge in [0.05, 0.1) is 22.8 Å². The summed E-state index contributed by atoms with van der Waals surface area (Å²) in [5.74, 6) is -0.452. The summed E-state index contributed by atoms with van der Waals surface area (Å²) in [5.41, 5.74) is 0.727. The molecule has 2 aromatic rings. The molecule has 6 nitrogen and oxygen atoms in total. The van der Waals surface area contributed by atoms with Crippen molar-refractivity contribution in [3.63, 3.8) is 0 Å². The smallest absolute Gasteiger partial charge is 0.260 e. The van der Waals surface area contributed by atoms with E-state index < -0.39 is 5.91 Å². The number of benzene rings is 2. The molecule has 0 saturated heterocycles. The number of nitrogens with zero attached hydrogens (tertiary/aromatic N) is 1. The van der Waals surface area contributed by atoms with Gasteiger partial charge in [-0.3, -0.25) is 14.4 Å². The molecule has 0 saturated carbocycles. The first-order valence-electron chi connectivity index (χ1n) is 8.64. The second-order valence-electron chi connectivity index (χ2n) is 5.93. The number of nitrogens with one attached hydrogen (secondary N) is 1. The van der Waals surface area contributed by atoms with E-state index in [-0.39, 0.29) is 19.1 Å². The summed E-state index contributed by atoms with van der Waals surface area (Å²) in [7, 11) is 0. The van der Waals surface area contributed by atoms with Crippen molar-refractivity contribution in [1.29, 1.82) is 0 Å². The van der Waals surface area contributed by atoms with Crippen molar-refractivity contribution in [2.45, 2.75) is 13.3 Å². The van der Waals surface area contributed by atoms with Gasteiger partial charge in [0.25, 0.3) is 5.91 Å². The molecule has 0 aliphatic carbocycles. The highest BCUT2D eigenvalue weighted by Gasteiger charge is 2.18. The van der Waals surface area contributed by atoms with Crippen LogP contribution in [0.25, 0.3) is 0 Å². The Balaban J connectivity index is 1.99. The molecule has 0 aliphatic heterocycles. The molecule has 0 unspecified atom stereocenters. The molecular formula is C20H20Cl2N2O4. The van der Waals surface area contributed by atoms with Crippen LogP contribution in [0.1, 0.15) is 23.7 Å².